The molecule has 0 aliphatic heterocycles. The summed E-state index contributed by atoms with van der Waals surface area (Å²) in [5.41, 5.74) is 1.59. The number of carbonyl (C=O) groups is 2. The molecule has 0 heterocycles. The largest absolute Gasteiger partial charge is 0.478 e. The molecule has 0 radical (unpaired) electrons. The van der Waals surface area contributed by atoms with E-state index in [1.54, 1.807) is 12.1 Å². The van der Waals surface area contributed by atoms with Crippen molar-refractivity contribution in [3.63, 3.8) is 0 Å². The van der Waals surface area contributed by atoms with Crippen molar-refractivity contribution in [3.8, 4) is 0 Å². The molecular weight excluding hydrogens is 295 g/mol. The van der Waals surface area contributed by atoms with Gasteiger partial charge in [0.15, 0.2) is 5.78 Å². The topological polar surface area (TPSA) is 54.4 Å². The van der Waals surface area contributed by atoms with Crippen molar-refractivity contribution in [1.29, 1.82) is 0 Å². The quantitative estimate of drug-likeness (QED) is 0.808. The number of hydrogen-bond acceptors (Lipinski definition) is 2. The minimum atomic E-state index is -0.944. The van der Waals surface area contributed by atoms with Crippen LogP contribution in [-0.4, -0.2) is 16.9 Å². The van der Waals surface area contributed by atoms with Gasteiger partial charge in [-0.3, -0.25) is 4.79 Å². The van der Waals surface area contributed by atoms with Gasteiger partial charge in [-0.15, -0.1) is 0 Å². The first-order chi connectivity index (χ1) is 6.61. The fraction of sp³-hybridized carbons (Fsp3) is 0.200. The van der Waals surface area contributed by atoms with E-state index < -0.39 is 5.97 Å². The van der Waals surface area contributed by atoms with Crippen LogP contribution in [0.4, 0.5) is 0 Å². The number of aromatic carboxylic acids is 1. The van der Waals surface area contributed by atoms with Crippen LogP contribution in [0.3, 0.4) is 0 Å². The fourth-order valence-corrected chi connectivity index (χ4v) is 2.48. The zero-order valence-corrected chi connectivity index (χ0v) is 9.37. The van der Waals surface area contributed by atoms with E-state index >= 15 is 0 Å². The third kappa shape index (κ3) is 1.33. The van der Waals surface area contributed by atoms with Gasteiger partial charge in [0.1, 0.15) is 0 Å². The van der Waals surface area contributed by atoms with E-state index in [1.165, 1.54) is 0 Å². The number of Topliss-reactive ketones (excluding diaryl/α,β-unsaturated/α-hetero) is 1. The lowest BCUT2D eigenvalue weighted by atomic mass is 10.0. The Kier molecular flexibility index (Phi) is 2.30. The van der Waals surface area contributed by atoms with Gasteiger partial charge in [0.25, 0.3) is 0 Å². The molecule has 0 bridgehead atoms. The number of carboxylic acid groups (broad SMARTS) is 1. The Balaban J connectivity index is 2.71. The predicted octanol–water partition coefficient (Wildman–Crippen LogP) is 2.12. The molecule has 0 saturated carbocycles. The van der Waals surface area contributed by atoms with Gasteiger partial charge in [0.05, 0.1) is 5.56 Å². The zero-order valence-electron chi connectivity index (χ0n) is 7.21. The lowest BCUT2D eigenvalue weighted by Crippen LogP contribution is -2.05. The van der Waals surface area contributed by atoms with Crippen molar-refractivity contribution in [3.05, 3.63) is 32.4 Å². The van der Waals surface area contributed by atoms with E-state index in [-0.39, 0.29) is 5.78 Å². The molecule has 3 nitrogen and oxygen atoms in total. The number of carbonyl (C=O) groups excluding carboxylic acids is 1. The third-order valence-electron chi connectivity index (χ3n) is 2.38. The SMILES string of the molecule is O=C1CCc2c1ccc(I)c2C(=O)O. The molecular formula is C10H7IO3. The molecule has 4 heteroatoms. The second-order valence-electron chi connectivity index (χ2n) is 3.18. The summed E-state index contributed by atoms with van der Waals surface area (Å²) in [5, 5.41) is 9.00. The fourth-order valence-electron chi connectivity index (χ4n) is 1.74. The number of ketones is 1. The Morgan fingerprint density at radius 2 is 2.07 bits per heavy atom. The molecule has 0 spiro atoms. The minimum absolute atomic E-state index is 0.0545. The van der Waals surface area contributed by atoms with E-state index in [9.17, 15) is 9.59 Å². The Morgan fingerprint density at radius 1 is 1.36 bits per heavy atom. The highest BCUT2D eigenvalue weighted by Gasteiger charge is 2.26. The van der Waals surface area contributed by atoms with Crippen molar-refractivity contribution in [2.24, 2.45) is 0 Å². The van der Waals surface area contributed by atoms with Crippen molar-refractivity contribution in [1.82, 2.24) is 0 Å². The molecule has 1 aromatic carbocycles. The smallest absolute Gasteiger partial charge is 0.337 e. The van der Waals surface area contributed by atoms with Gasteiger partial charge in [-0.25, -0.2) is 4.79 Å². The lowest BCUT2D eigenvalue weighted by Gasteiger charge is -2.05. The summed E-state index contributed by atoms with van der Waals surface area (Å²) in [7, 11) is 0. The van der Waals surface area contributed by atoms with Crippen LogP contribution in [0.25, 0.3) is 0 Å². The summed E-state index contributed by atoms with van der Waals surface area (Å²) in [6, 6.07) is 3.41. The van der Waals surface area contributed by atoms with Crippen LogP contribution in [0.1, 0.15) is 32.7 Å². The molecule has 0 aromatic heterocycles. The maximum Gasteiger partial charge on any atom is 0.337 e. The highest BCUT2D eigenvalue weighted by atomic mass is 127. The van der Waals surface area contributed by atoms with E-state index in [4.69, 9.17) is 5.11 Å². The van der Waals surface area contributed by atoms with E-state index in [1.807, 2.05) is 22.6 Å². The number of carboxylic acids is 1. The summed E-state index contributed by atoms with van der Waals surface area (Å²) in [6.07, 6.45) is 1.00. The van der Waals surface area contributed by atoms with Crippen LogP contribution >= 0.6 is 22.6 Å². The number of benzene rings is 1. The Labute approximate surface area is 94.3 Å². The van der Waals surface area contributed by atoms with Crippen LogP contribution in [0.5, 0.6) is 0 Å². The Bertz CT molecular complexity index is 437. The first-order valence-electron chi connectivity index (χ1n) is 4.19. The number of rotatable bonds is 1. The van der Waals surface area contributed by atoms with Crippen LogP contribution in [0.2, 0.25) is 0 Å². The third-order valence-corrected chi connectivity index (χ3v) is 3.28. The zero-order chi connectivity index (χ0) is 10.3. The van der Waals surface area contributed by atoms with Crippen molar-refractivity contribution < 1.29 is 14.7 Å². The average Bonchev–Trinajstić information content (AvgIpc) is 2.47. The van der Waals surface area contributed by atoms with Gasteiger partial charge in [-0.1, -0.05) is 6.07 Å². The molecule has 0 atom stereocenters. The Hall–Kier alpha value is -0.910. The maximum atomic E-state index is 11.4. The summed E-state index contributed by atoms with van der Waals surface area (Å²) < 4.78 is 0.698. The normalized spacial score (nSPS) is 14.2. The number of fused-ring (bicyclic) bond motifs is 1. The molecule has 0 saturated heterocycles. The lowest BCUT2D eigenvalue weighted by molar-refractivity contribution is 0.0694. The number of halogens is 1. The standard InChI is InChI=1S/C10H7IO3/c11-7-3-1-5-6(2-4-8(5)12)9(7)10(13)14/h1,3H,2,4H2,(H,13,14). The molecule has 1 aliphatic rings. The van der Waals surface area contributed by atoms with E-state index in [0.29, 0.717) is 33.1 Å². The van der Waals surface area contributed by atoms with E-state index in [2.05, 4.69) is 0 Å². The summed E-state index contributed by atoms with van der Waals surface area (Å²) in [5.74, 6) is -0.889. The molecule has 72 valence electrons. The average molecular weight is 302 g/mol. The first-order valence-corrected chi connectivity index (χ1v) is 5.27. The Morgan fingerprint density at radius 3 is 2.71 bits per heavy atom. The molecule has 0 amide bonds. The van der Waals surface area contributed by atoms with Gasteiger partial charge >= 0.3 is 5.97 Å². The van der Waals surface area contributed by atoms with Crippen LogP contribution in [-0.2, 0) is 6.42 Å². The monoisotopic (exact) mass is 302 g/mol. The predicted molar refractivity (Wildman–Crippen MR) is 58.8 cm³/mol. The highest BCUT2D eigenvalue weighted by molar-refractivity contribution is 14.1. The van der Waals surface area contributed by atoms with Crippen molar-refractivity contribution in [2.75, 3.05) is 0 Å². The van der Waals surface area contributed by atoms with Crippen LogP contribution < -0.4 is 0 Å². The molecule has 1 N–H and O–H groups in total. The summed E-state index contributed by atoms with van der Waals surface area (Å²) >= 11 is 1.98. The van der Waals surface area contributed by atoms with E-state index in [0.717, 1.165) is 0 Å². The van der Waals surface area contributed by atoms with Gasteiger partial charge in [-0.05, 0) is 40.6 Å². The van der Waals surface area contributed by atoms with Crippen LogP contribution in [0, 0.1) is 3.57 Å². The molecule has 0 fully saturated rings. The second kappa shape index (κ2) is 3.34. The number of hydrogen-bond donors (Lipinski definition) is 1. The molecule has 1 aliphatic carbocycles. The minimum Gasteiger partial charge on any atom is -0.478 e. The first kappa shape index (κ1) is 9.64. The van der Waals surface area contributed by atoms with Crippen LogP contribution in [0.15, 0.2) is 12.1 Å². The van der Waals surface area contributed by atoms with Crippen molar-refractivity contribution >= 4 is 34.3 Å². The summed E-state index contributed by atoms with van der Waals surface area (Å²) in [4.78, 5) is 22.3. The maximum absolute atomic E-state index is 11.4. The van der Waals surface area contributed by atoms with Gasteiger partial charge in [0.2, 0.25) is 0 Å². The van der Waals surface area contributed by atoms with Gasteiger partial charge in [0, 0.05) is 15.6 Å². The molecule has 0 unspecified atom stereocenters. The van der Waals surface area contributed by atoms with Crippen molar-refractivity contribution in [2.45, 2.75) is 12.8 Å². The van der Waals surface area contributed by atoms with Gasteiger partial charge < -0.3 is 5.11 Å². The summed E-state index contributed by atoms with van der Waals surface area (Å²) in [6.45, 7) is 0. The molecule has 14 heavy (non-hydrogen) atoms. The highest BCUT2D eigenvalue weighted by Crippen LogP contribution is 2.28. The molecule has 2 rings (SSSR count). The van der Waals surface area contributed by atoms with Gasteiger partial charge in [-0.2, -0.15) is 0 Å². The molecule has 1 aromatic rings. The second-order valence-corrected chi connectivity index (χ2v) is 4.34.